The number of hydrogen-bond acceptors (Lipinski definition) is 2. The Morgan fingerprint density at radius 2 is 1.22 bits per heavy atom. The fourth-order valence-corrected chi connectivity index (χ4v) is 10.7. The summed E-state index contributed by atoms with van der Waals surface area (Å²) in [6.45, 7) is 0. The molecule has 0 bridgehead atoms. The summed E-state index contributed by atoms with van der Waals surface area (Å²) < 4.78 is 13.2. The maximum Gasteiger partial charge on any atom is 0.376 e. The lowest BCUT2D eigenvalue weighted by molar-refractivity contribution is 0.232. The minimum absolute atomic E-state index is 0.471. The van der Waals surface area contributed by atoms with E-state index in [4.69, 9.17) is 8.85 Å². The highest BCUT2D eigenvalue weighted by Gasteiger charge is 2.50. The van der Waals surface area contributed by atoms with Gasteiger partial charge in [0.15, 0.2) is 0 Å². The minimum atomic E-state index is -2.72. The molecule has 3 heteroatoms. The Balaban J connectivity index is 1.55. The van der Waals surface area contributed by atoms with Crippen LogP contribution < -0.4 is 5.19 Å². The molecule has 1 fully saturated rings. The first-order valence-electron chi connectivity index (χ1n) is 13.3. The number of benzene rings is 4. The Bertz CT molecular complexity index is 1350. The third kappa shape index (κ3) is 3.87. The van der Waals surface area contributed by atoms with Crippen molar-refractivity contribution in [2.24, 2.45) is 0 Å². The molecule has 0 N–H and O–H groups in total. The quantitative estimate of drug-likeness (QED) is 0.226. The Morgan fingerprint density at radius 1 is 0.611 bits per heavy atom. The van der Waals surface area contributed by atoms with Crippen LogP contribution in [0.3, 0.4) is 0 Å². The van der Waals surface area contributed by atoms with Gasteiger partial charge in [0.25, 0.3) is 0 Å². The second-order valence-electron chi connectivity index (χ2n) is 10.2. The number of rotatable bonds is 6. The van der Waals surface area contributed by atoms with Crippen molar-refractivity contribution in [3.8, 4) is 33.4 Å². The zero-order valence-electron chi connectivity index (χ0n) is 21.3. The van der Waals surface area contributed by atoms with Crippen molar-refractivity contribution in [3.05, 3.63) is 102 Å². The number of fused-ring (bicyclic) bond motifs is 3. The number of hydrogen-bond donors (Lipinski definition) is 0. The summed E-state index contributed by atoms with van der Waals surface area (Å²) >= 11 is 0. The fraction of sp³-hybridized carbons (Fsp3) is 0.273. The molecule has 6 rings (SSSR count). The van der Waals surface area contributed by atoms with E-state index < -0.39 is 8.56 Å². The largest absolute Gasteiger partial charge is 0.394 e. The molecule has 1 saturated carbocycles. The van der Waals surface area contributed by atoms with Crippen LogP contribution in [0.2, 0.25) is 5.54 Å². The minimum Gasteiger partial charge on any atom is -0.394 e. The molecule has 2 aliphatic carbocycles. The highest BCUT2D eigenvalue weighted by Crippen LogP contribution is 2.44. The van der Waals surface area contributed by atoms with Gasteiger partial charge in [0, 0.05) is 24.9 Å². The molecular weight excluding hydrogens is 456 g/mol. The normalized spacial score (nSPS) is 15.5. The van der Waals surface area contributed by atoms with E-state index >= 15 is 0 Å². The van der Waals surface area contributed by atoms with Crippen LogP contribution in [0.15, 0.2) is 91.0 Å². The van der Waals surface area contributed by atoms with Gasteiger partial charge in [-0.1, -0.05) is 110 Å². The van der Waals surface area contributed by atoms with Crippen LogP contribution in [-0.2, 0) is 15.3 Å². The predicted octanol–water partition coefficient (Wildman–Crippen LogP) is 7.87. The van der Waals surface area contributed by atoms with Crippen molar-refractivity contribution in [1.29, 1.82) is 0 Å². The molecule has 0 heterocycles. The zero-order chi connectivity index (χ0) is 24.5. The molecular formula is C33H34O2Si. The van der Waals surface area contributed by atoms with Crippen molar-refractivity contribution in [2.45, 2.75) is 44.1 Å². The molecule has 0 radical (unpaired) electrons. The van der Waals surface area contributed by atoms with Gasteiger partial charge in [-0.3, -0.25) is 0 Å². The first kappa shape index (κ1) is 23.4. The van der Waals surface area contributed by atoms with Gasteiger partial charge < -0.3 is 8.85 Å². The topological polar surface area (TPSA) is 18.5 Å². The first-order valence-corrected chi connectivity index (χ1v) is 15.2. The maximum absolute atomic E-state index is 6.61. The summed E-state index contributed by atoms with van der Waals surface area (Å²) in [5, 5.41) is 1.36. The van der Waals surface area contributed by atoms with Crippen molar-refractivity contribution in [3.63, 3.8) is 0 Å². The van der Waals surface area contributed by atoms with E-state index in [0.717, 1.165) is 6.42 Å². The van der Waals surface area contributed by atoms with Crippen LogP contribution in [0.5, 0.6) is 0 Å². The monoisotopic (exact) mass is 490 g/mol. The average Bonchev–Trinajstić information content (AvgIpc) is 3.33. The van der Waals surface area contributed by atoms with Gasteiger partial charge in [0.1, 0.15) is 0 Å². The van der Waals surface area contributed by atoms with E-state index in [1.165, 1.54) is 81.8 Å². The van der Waals surface area contributed by atoms with Crippen LogP contribution in [0.25, 0.3) is 33.4 Å². The molecule has 4 aromatic carbocycles. The van der Waals surface area contributed by atoms with Gasteiger partial charge >= 0.3 is 8.56 Å². The third-order valence-electron chi connectivity index (χ3n) is 8.37. The molecule has 4 aromatic rings. The highest BCUT2D eigenvalue weighted by atomic mass is 28.4. The van der Waals surface area contributed by atoms with Gasteiger partial charge in [-0.25, -0.2) is 0 Å². The molecule has 0 atom stereocenters. The maximum atomic E-state index is 6.61. The second-order valence-corrected chi connectivity index (χ2v) is 13.7. The lowest BCUT2D eigenvalue weighted by Crippen LogP contribution is -2.58. The van der Waals surface area contributed by atoms with Crippen LogP contribution in [-0.4, -0.2) is 22.8 Å². The van der Waals surface area contributed by atoms with Gasteiger partial charge in [-0.05, 0) is 63.8 Å². The Morgan fingerprint density at radius 3 is 1.89 bits per heavy atom. The highest BCUT2D eigenvalue weighted by molar-refractivity contribution is 6.84. The molecule has 0 saturated heterocycles. The van der Waals surface area contributed by atoms with Crippen molar-refractivity contribution >= 4 is 13.7 Å². The Hall–Kier alpha value is -2.98. The van der Waals surface area contributed by atoms with E-state index in [9.17, 15) is 0 Å². The zero-order valence-corrected chi connectivity index (χ0v) is 22.3. The molecule has 0 spiro atoms. The van der Waals surface area contributed by atoms with Crippen molar-refractivity contribution < 1.29 is 8.85 Å². The van der Waals surface area contributed by atoms with E-state index in [0.29, 0.717) is 5.54 Å². The summed E-state index contributed by atoms with van der Waals surface area (Å²) in [5.74, 6) is 0. The standard InChI is InChI=1S/C33H34O2Si/c1-34-36(35-2,28-16-10-5-11-17-28)33-30(25-14-8-4-9-15-25)20-21-31-29-19-18-26(22-27(29)23-32(31)33)24-12-6-3-7-13-24/h3-4,6-9,12-15,18-22,28H,5,10-11,16-17,23H2,1-2H3. The SMILES string of the molecule is CO[Si](OC)(c1c(-c2ccccc2)ccc2c1Cc1cc(-c3ccccc3)ccc1-2)C1CCCCC1. The lowest BCUT2D eigenvalue weighted by atomic mass is 9.98. The fourth-order valence-electron chi connectivity index (χ4n) is 6.65. The molecule has 2 aliphatic rings. The molecule has 0 amide bonds. The van der Waals surface area contributed by atoms with Crippen LogP contribution in [0.4, 0.5) is 0 Å². The predicted molar refractivity (Wildman–Crippen MR) is 152 cm³/mol. The molecule has 0 aromatic heterocycles. The Labute approximate surface area is 216 Å². The van der Waals surface area contributed by atoms with Gasteiger partial charge in [-0.15, -0.1) is 0 Å². The average molecular weight is 491 g/mol. The first-order chi connectivity index (χ1) is 17.7. The summed E-state index contributed by atoms with van der Waals surface area (Å²) in [5.41, 5.74) is 11.1. The lowest BCUT2D eigenvalue weighted by Gasteiger charge is -2.39. The smallest absolute Gasteiger partial charge is 0.376 e. The van der Waals surface area contributed by atoms with Crippen LogP contribution in [0, 0.1) is 0 Å². The van der Waals surface area contributed by atoms with Crippen LogP contribution in [0.1, 0.15) is 43.2 Å². The third-order valence-corrected chi connectivity index (χ3v) is 12.5. The second kappa shape index (κ2) is 9.82. The summed E-state index contributed by atoms with van der Waals surface area (Å²) in [6.07, 6.45) is 7.16. The molecule has 0 aliphatic heterocycles. The molecule has 36 heavy (non-hydrogen) atoms. The van der Waals surface area contributed by atoms with E-state index in [-0.39, 0.29) is 0 Å². The van der Waals surface area contributed by atoms with Gasteiger partial charge in [0.05, 0.1) is 0 Å². The summed E-state index contributed by atoms with van der Waals surface area (Å²) in [7, 11) is 1.07. The van der Waals surface area contributed by atoms with Crippen molar-refractivity contribution in [1.82, 2.24) is 0 Å². The molecule has 182 valence electrons. The van der Waals surface area contributed by atoms with E-state index in [1.807, 2.05) is 14.2 Å². The van der Waals surface area contributed by atoms with Gasteiger partial charge in [-0.2, -0.15) is 0 Å². The van der Waals surface area contributed by atoms with Crippen molar-refractivity contribution in [2.75, 3.05) is 14.2 Å². The van der Waals surface area contributed by atoms with E-state index in [2.05, 4.69) is 91.0 Å². The van der Waals surface area contributed by atoms with Crippen LogP contribution >= 0.6 is 0 Å². The van der Waals surface area contributed by atoms with Gasteiger partial charge in [0.2, 0.25) is 0 Å². The Kier molecular flexibility index (Phi) is 6.39. The summed E-state index contributed by atoms with van der Waals surface area (Å²) in [4.78, 5) is 0. The molecule has 2 nitrogen and oxygen atoms in total. The summed E-state index contributed by atoms with van der Waals surface area (Å²) in [6, 6.07) is 33.2. The van der Waals surface area contributed by atoms with E-state index in [1.54, 1.807) is 0 Å². The molecule has 0 unspecified atom stereocenters.